The summed E-state index contributed by atoms with van der Waals surface area (Å²) in [5.41, 5.74) is 3.54. The van der Waals surface area contributed by atoms with Crippen LogP contribution in [-0.2, 0) is 19.4 Å². The van der Waals surface area contributed by atoms with Gasteiger partial charge >= 0.3 is 0 Å². The molecule has 3 heterocycles. The Balaban J connectivity index is 1.54. The second-order valence-corrected chi connectivity index (χ2v) is 7.34. The molecule has 4 rings (SSSR count). The summed E-state index contributed by atoms with van der Waals surface area (Å²) in [6.45, 7) is 4.84. The average Bonchev–Trinajstić information content (AvgIpc) is 3.05. The van der Waals surface area contributed by atoms with E-state index in [2.05, 4.69) is 33.5 Å². The molecule has 0 unspecified atom stereocenters. The third kappa shape index (κ3) is 3.54. The van der Waals surface area contributed by atoms with E-state index in [1.165, 1.54) is 31.2 Å². The molecule has 1 fully saturated rings. The summed E-state index contributed by atoms with van der Waals surface area (Å²) in [4.78, 5) is 11.5. The minimum Gasteiger partial charge on any atom is -0.361 e. The summed E-state index contributed by atoms with van der Waals surface area (Å²) < 4.78 is 5.55. The largest absolute Gasteiger partial charge is 0.361 e. The molecule has 134 valence electrons. The summed E-state index contributed by atoms with van der Waals surface area (Å²) in [6.07, 6.45) is 6.96. The van der Waals surface area contributed by atoms with E-state index in [1.54, 1.807) is 0 Å². The Morgan fingerprint density at radius 1 is 1.24 bits per heavy atom. The Bertz CT molecular complexity index is 735. The lowest BCUT2D eigenvalue weighted by atomic mass is 9.95. The van der Waals surface area contributed by atoms with Crippen LogP contribution in [-0.4, -0.2) is 35.3 Å². The Morgan fingerprint density at radius 3 is 2.96 bits per heavy atom. The van der Waals surface area contributed by atoms with Crippen LogP contribution in [0.1, 0.15) is 60.1 Å². The smallest absolute Gasteiger partial charge is 0.140 e. The average molecular weight is 341 g/mol. The fourth-order valence-electron chi connectivity index (χ4n) is 3.96. The Morgan fingerprint density at radius 2 is 2.12 bits per heavy atom. The van der Waals surface area contributed by atoms with E-state index >= 15 is 0 Å². The number of anilines is 1. The molecule has 1 N–H and O–H groups in total. The molecule has 2 aromatic rings. The predicted molar refractivity (Wildman–Crippen MR) is 96.9 cm³/mol. The molecule has 0 spiro atoms. The highest BCUT2D eigenvalue weighted by Gasteiger charge is 2.22. The molecule has 1 saturated heterocycles. The first kappa shape index (κ1) is 16.5. The number of nitrogens with zero attached hydrogens (tertiary/aromatic N) is 4. The Kier molecular flexibility index (Phi) is 4.70. The van der Waals surface area contributed by atoms with Crippen molar-refractivity contribution in [3.05, 3.63) is 34.6 Å². The molecule has 1 aliphatic heterocycles. The lowest BCUT2D eigenvalue weighted by molar-refractivity contribution is 0.368. The number of rotatable bonds is 4. The van der Waals surface area contributed by atoms with Crippen LogP contribution in [0.5, 0.6) is 0 Å². The first-order valence-electron chi connectivity index (χ1n) is 9.44. The van der Waals surface area contributed by atoms with Crippen molar-refractivity contribution in [1.29, 1.82) is 0 Å². The molecule has 1 aliphatic carbocycles. The second kappa shape index (κ2) is 7.12. The van der Waals surface area contributed by atoms with Gasteiger partial charge in [0.2, 0.25) is 0 Å². The minimum absolute atomic E-state index is 0.488. The first-order valence-corrected chi connectivity index (χ1v) is 9.44. The SMILES string of the molecule is Cc1nc([C@H]2CCCNC2)cc(N(C)Cc2noc3c2CCCC3)n1. The van der Waals surface area contributed by atoms with Crippen LogP contribution in [0.25, 0.3) is 0 Å². The molecule has 0 amide bonds. The molecule has 0 aromatic carbocycles. The van der Waals surface area contributed by atoms with E-state index in [1.807, 2.05) is 6.92 Å². The lowest BCUT2D eigenvalue weighted by Gasteiger charge is -2.24. The van der Waals surface area contributed by atoms with E-state index in [0.717, 1.165) is 61.3 Å². The van der Waals surface area contributed by atoms with Crippen molar-refractivity contribution in [2.45, 2.75) is 57.9 Å². The molecule has 6 nitrogen and oxygen atoms in total. The van der Waals surface area contributed by atoms with Crippen molar-refractivity contribution in [2.24, 2.45) is 0 Å². The van der Waals surface area contributed by atoms with Gasteiger partial charge in [-0.15, -0.1) is 0 Å². The van der Waals surface area contributed by atoms with Gasteiger partial charge in [0, 0.05) is 37.6 Å². The van der Waals surface area contributed by atoms with E-state index in [9.17, 15) is 0 Å². The number of hydrogen-bond acceptors (Lipinski definition) is 6. The highest BCUT2D eigenvalue weighted by atomic mass is 16.5. The molecule has 1 atom stereocenters. The van der Waals surface area contributed by atoms with Crippen LogP contribution in [0.15, 0.2) is 10.6 Å². The second-order valence-electron chi connectivity index (χ2n) is 7.34. The zero-order chi connectivity index (χ0) is 17.2. The van der Waals surface area contributed by atoms with Gasteiger partial charge in [-0.1, -0.05) is 5.16 Å². The molecular weight excluding hydrogens is 314 g/mol. The van der Waals surface area contributed by atoms with Gasteiger partial charge in [0.25, 0.3) is 0 Å². The van der Waals surface area contributed by atoms with Gasteiger partial charge in [-0.3, -0.25) is 0 Å². The van der Waals surface area contributed by atoms with Gasteiger partial charge in [0.05, 0.1) is 12.2 Å². The quantitative estimate of drug-likeness (QED) is 0.922. The molecule has 0 radical (unpaired) electrons. The number of hydrogen-bond donors (Lipinski definition) is 1. The van der Waals surface area contributed by atoms with E-state index in [0.29, 0.717) is 5.92 Å². The first-order chi connectivity index (χ1) is 12.2. The Hall–Kier alpha value is -1.95. The highest BCUT2D eigenvalue weighted by Crippen LogP contribution is 2.27. The van der Waals surface area contributed by atoms with Crippen molar-refractivity contribution in [1.82, 2.24) is 20.4 Å². The minimum atomic E-state index is 0.488. The molecule has 6 heteroatoms. The summed E-state index contributed by atoms with van der Waals surface area (Å²) in [5, 5.41) is 7.80. The number of fused-ring (bicyclic) bond motifs is 1. The van der Waals surface area contributed by atoms with Gasteiger partial charge < -0.3 is 14.7 Å². The zero-order valence-electron chi connectivity index (χ0n) is 15.2. The molecular formula is C19H27N5O. The molecule has 2 aromatic heterocycles. The highest BCUT2D eigenvalue weighted by molar-refractivity contribution is 5.41. The fraction of sp³-hybridized carbons (Fsp3) is 0.632. The molecule has 0 saturated carbocycles. The Labute approximate surface area is 149 Å². The third-order valence-electron chi connectivity index (χ3n) is 5.37. The maximum absolute atomic E-state index is 5.55. The number of aromatic nitrogens is 3. The summed E-state index contributed by atoms with van der Waals surface area (Å²) >= 11 is 0. The van der Waals surface area contributed by atoms with Crippen molar-refractivity contribution in [3.63, 3.8) is 0 Å². The number of aryl methyl sites for hydroxylation is 2. The van der Waals surface area contributed by atoms with Crippen LogP contribution in [0.4, 0.5) is 5.82 Å². The van der Waals surface area contributed by atoms with Gasteiger partial charge in [0.15, 0.2) is 0 Å². The van der Waals surface area contributed by atoms with E-state index < -0.39 is 0 Å². The van der Waals surface area contributed by atoms with Crippen LogP contribution < -0.4 is 10.2 Å². The number of nitrogens with one attached hydrogen (secondary N) is 1. The maximum Gasteiger partial charge on any atom is 0.140 e. The van der Waals surface area contributed by atoms with Crippen molar-refractivity contribution in [2.75, 3.05) is 25.0 Å². The fourth-order valence-corrected chi connectivity index (χ4v) is 3.96. The normalized spacial score (nSPS) is 20.3. The topological polar surface area (TPSA) is 67.1 Å². The molecule has 25 heavy (non-hydrogen) atoms. The lowest BCUT2D eigenvalue weighted by Crippen LogP contribution is -2.29. The van der Waals surface area contributed by atoms with Crippen LogP contribution in [0.2, 0.25) is 0 Å². The van der Waals surface area contributed by atoms with Crippen LogP contribution in [0, 0.1) is 6.92 Å². The van der Waals surface area contributed by atoms with Gasteiger partial charge in [-0.25, -0.2) is 9.97 Å². The monoisotopic (exact) mass is 341 g/mol. The molecule has 2 aliphatic rings. The standard InChI is InChI=1S/C19H27N5O/c1-13-21-16(14-6-5-9-20-11-14)10-19(22-13)24(2)12-17-15-7-3-4-8-18(15)25-23-17/h10,14,20H,3-9,11-12H2,1-2H3/t14-/m0/s1. The summed E-state index contributed by atoms with van der Waals surface area (Å²) in [6, 6.07) is 2.15. The number of piperidine rings is 1. The van der Waals surface area contributed by atoms with Crippen molar-refractivity contribution < 1.29 is 4.52 Å². The van der Waals surface area contributed by atoms with E-state index in [4.69, 9.17) is 9.51 Å². The van der Waals surface area contributed by atoms with Crippen LogP contribution >= 0.6 is 0 Å². The molecule has 0 bridgehead atoms. The maximum atomic E-state index is 5.55. The van der Waals surface area contributed by atoms with Gasteiger partial charge in [-0.2, -0.15) is 0 Å². The van der Waals surface area contributed by atoms with E-state index in [-0.39, 0.29) is 0 Å². The summed E-state index contributed by atoms with van der Waals surface area (Å²) in [5.74, 6) is 3.39. The third-order valence-corrected chi connectivity index (χ3v) is 5.37. The van der Waals surface area contributed by atoms with Crippen molar-refractivity contribution >= 4 is 5.82 Å². The van der Waals surface area contributed by atoms with Crippen molar-refractivity contribution in [3.8, 4) is 0 Å². The zero-order valence-corrected chi connectivity index (χ0v) is 15.2. The summed E-state index contributed by atoms with van der Waals surface area (Å²) in [7, 11) is 2.08. The van der Waals surface area contributed by atoms with Gasteiger partial charge in [-0.05, 0) is 45.6 Å². The predicted octanol–water partition coefficient (Wildman–Crippen LogP) is 2.76. The van der Waals surface area contributed by atoms with Gasteiger partial charge in [0.1, 0.15) is 23.1 Å². The van der Waals surface area contributed by atoms with Crippen LogP contribution in [0.3, 0.4) is 0 Å².